The number of nitrogens with one attached hydrogen (secondary N) is 2. The van der Waals surface area contributed by atoms with Crippen molar-refractivity contribution >= 4 is 40.6 Å². The first kappa shape index (κ1) is 22.8. The molecule has 1 saturated heterocycles. The van der Waals surface area contributed by atoms with Gasteiger partial charge in [-0.1, -0.05) is 29.3 Å². The molecule has 0 saturated carbocycles. The Morgan fingerprint density at radius 2 is 1.64 bits per heavy atom. The molecule has 0 aliphatic carbocycles. The van der Waals surface area contributed by atoms with E-state index in [4.69, 9.17) is 11.6 Å². The lowest BCUT2D eigenvalue weighted by Gasteiger charge is -2.30. The van der Waals surface area contributed by atoms with Gasteiger partial charge in [-0.05, 0) is 62.2 Å². The van der Waals surface area contributed by atoms with Gasteiger partial charge in [0.2, 0.25) is 0 Å². The summed E-state index contributed by atoms with van der Waals surface area (Å²) >= 11 is 6.25. The zero-order valence-corrected chi connectivity index (χ0v) is 19.0. The third-order valence-electron chi connectivity index (χ3n) is 5.58. The number of nitrogens with zero attached hydrogens (tertiary/aromatic N) is 2. The van der Waals surface area contributed by atoms with E-state index in [1.165, 1.54) is 6.20 Å². The summed E-state index contributed by atoms with van der Waals surface area (Å²) < 4.78 is 0. The fourth-order valence-electron chi connectivity index (χ4n) is 3.60. The van der Waals surface area contributed by atoms with Crippen LogP contribution in [0, 0.1) is 6.92 Å². The second-order valence-corrected chi connectivity index (χ2v) is 8.50. The van der Waals surface area contributed by atoms with Crippen LogP contribution in [-0.2, 0) is 0 Å². The predicted molar refractivity (Wildman–Crippen MR) is 130 cm³/mol. The molecular weight excluding hydrogens is 440 g/mol. The summed E-state index contributed by atoms with van der Waals surface area (Å²) in [4.78, 5) is 31.7. The number of rotatable bonds is 5. The van der Waals surface area contributed by atoms with Crippen LogP contribution in [0.15, 0.2) is 60.8 Å². The SMILES string of the molecule is Cc1ccc(C(=O)Nc2cc(NC(=O)c3ccc(N4CCC(O)CC4)nc3)ccc2Cl)cc1. The summed E-state index contributed by atoms with van der Waals surface area (Å²) in [5, 5.41) is 15.6. The Kier molecular flexibility index (Phi) is 6.91. The molecule has 170 valence electrons. The highest BCUT2D eigenvalue weighted by molar-refractivity contribution is 6.34. The monoisotopic (exact) mass is 464 g/mol. The Morgan fingerprint density at radius 1 is 0.970 bits per heavy atom. The topological polar surface area (TPSA) is 94.6 Å². The van der Waals surface area contributed by atoms with E-state index < -0.39 is 0 Å². The lowest BCUT2D eigenvalue weighted by atomic mass is 10.1. The average molecular weight is 465 g/mol. The zero-order valence-electron chi connectivity index (χ0n) is 18.2. The standard InChI is InChI=1S/C25H25ClN4O3/c1-16-2-4-17(5-3-16)24(32)29-22-14-19(7-8-21(22)26)28-25(33)18-6-9-23(27-15-18)30-12-10-20(31)11-13-30/h2-9,14-15,20,31H,10-13H2,1H3,(H,28,33)(H,29,32). The van der Waals surface area contributed by atoms with Crippen molar-refractivity contribution in [1.29, 1.82) is 0 Å². The smallest absolute Gasteiger partial charge is 0.257 e. The van der Waals surface area contributed by atoms with Crippen LogP contribution in [0.1, 0.15) is 39.1 Å². The second-order valence-electron chi connectivity index (χ2n) is 8.09. The van der Waals surface area contributed by atoms with E-state index in [9.17, 15) is 14.7 Å². The fourth-order valence-corrected chi connectivity index (χ4v) is 3.77. The van der Waals surface area contributed by atoms with Gasteiger partial charge in [0.15, 0.2) is 0 Å². The first-order valence-corrected chi connectivity index (χ1v) is 11.1. The van der Waals surface area contributed by atoms with Crippen LogP contribution in [0.4, 0.5) is 17.2 Å². The van der Waals surface area contributed by atoms with E-state index in [0.717, 1.165) is 24.5 Å². The van der Waals surface area contributed by atoms with E-state index in [-0.39, 0.29) is 17.9 Å². The largest absolute Gasteiger partial charge is 0.393 e. The molecule has 33 heavy (non-hydrogen) atoms. The number of carbonyl (C=O) groups excluding carboxylic acids is 2. The van der Waals surface area contributed by atoms with Gasteiger partial charge < -0.3 is 20.6 Å². The van der Waals surface area contributed by atoms with Crippen molar-refractivity contribution in [1.82, 2.24) is 4.98 Å². The molecule has 8 heteroatoms. The Bertz CT molecular complexity index is 1140. The van der Waals surface area contributed by atoms with Crippen molar-refractivity contribution < 1.29 is 14.7 Å². The number of benzene rings is 2. The highest BCUT2D eigenvalue weighted by atomic mass is 35.5. The number of aryl methyl sites for hydroxylation is 1. The summed E-state index contributed by atoms with van der Waals surface area (Å²) in [5.41, 5.74) is 2.89. The zero-order chi connectivity index (χ0) is 23.4. The van der Waals surface area contributed by atoms with Crippen LogP contribution < -0.4 is 15.5 Å². The number of carbonyl (C=O) groups is 2. The number of aromatic nitrogens is 1. The lowest BCUT2D eigenvalue weighted by Crippen LogP contribution is -2.36. The molecule has 1 aromatic heterocycles. The van der Waals surface area contributed by atoms with Crippen molar-refractivity contribution in [2.24, 2.45) is 0 Å². The maximum absolute atomic E-state index is 12.7. The van der Waals surface area contributed by atoms with Gasteiger partial charge in [-0.2, -0.15) is 0 Å². The van der Waals surface area contributed by atoms with Gasteiger partial charge in [0.05, 0.1) is 22.4 Å². The van der Waals surface area contributed by atoms with Gasteiger partial charge in [-0.3, -0.25) is 9.59 Å². The first-order valence-electron chi connectivity index (χ1n) is 10.8. The van der Waals surface area contributed by atoms with E-state index in [0.29, 0.717) is 40.4 Å². The number of hydrogen-bond donors (Lipinski definition) is 3. The number of piperidine rings is 1. The minimum absolute atomic E-state index is 0.253. The molecule has 1 fully saturated rings. The van der Waals surface area contributed by atoms with Gasteiger partial charge in [-0.15, -0.1) is 0 Å². The number of halogens is 1. The quantitative estimate of drug-likeness (QED) is 0.516. The van der Waals surface area contributed by atoms with Crippen molar-refractivity contribution in [2.45, 2.75) is 25.9 Å². The Balaban J connectivity index is 1.41. The number of hydrogen-bond acceptors (Lipinski definition) is 5. The summed E-state index contributed by atoms with van der Waals surface area (Å²) in [5.74, 6) is 0.178. The van der Waals surface area contributed by atoms with Crippen LogP contribution in [0.25, 0.3) is 0 Å². The molecule has 1 aliphatic rings. The van der Waals surface area contributed by atoms with Gasteiger partial charge in [0.25, 0.3) is 11.8 Å². The van der Waals surface area contributed by atoms with E-state index in [1.54, 1.807) is 36.4 Å². The van der Waals surface area contributed by atoms with Crippen LogP contribution in [0.3, 0.4) is 0 Å². The highest BCUT2D eigenvalue weighted by Gasteiger charge is 2.18. The maximum atomic E-state index is 12.7. The predicted octanol–water partition coefficient (Wildman–Crippen LogP) is 4.51. The normalized spacial score (nSPS) is 14.1. The van der Waals surface area contributed by atoms with Crippen molar-refractivity contribution in [3.63, 3.8) is 0 Å². The molecule has 3 N–H and O–H groups in total. The van der Waals surface area contributed by atoms with E-state index >= 15 is 0 Å². The number of aliphatic hydroxyl groups excluding tert-OH is 1. The molecule has 0 bridgehead atoms. The third-order valence-corrected chi connectivity index (χ3v) is 5.91. The average Bonchev–Trinajstić information content (AvgIpc) is 2.82. The van der Waals surface area contributed by atoms with Gasteiger partial charge in [-0.25, -0.2) is 4.98 Å². The summed E-state index contributed by atoms with van der Waals surface area (Å²) in [7, 11) is 0. The van der Waals surface area contributed by atoms with Crippen LogP contribution in [-0.4, -0.2) is 41.1 Å². The van der Waals surface area contributed by atoms with Gasteiger partial charge >= 0.3 is 0 Å². The molecular formula is C25H25ClN4O3. The van der Waals surface area contributed by atoms with E-state index in [2.05, 4.69) is 20.5 Å². The summed E-state index contributed by atoms with van der Waals surface area (Å²) in [6, 6.07) is 15.6. The molecule has 0 atom stereocenters. The Hall–Kier alpha value is -3.42. The first-order chi connectivity index (χ1) is 15.9. The second kappa shape index (κ2) is 10.0. The summed E-state index contributed by atoms with van der Waals surface area (Å²) in [6.45, 7) is 3.43. The fraction of sp³-hybridized carbons (Fsp3) is 0.240. The molecule has 1 aliphatic heterocycles. The number of aliphatic hydroxyl groups is 1. The van der Waals surface area contributed by atoms with E-state index in [1.807, 2.05) is 25.1 Å². The lowest BCUT2D eigenvalue weighted by molar-refractivity contribution is 0.101. The molecule has 0 radical (unpaired) electrons. The maximum Gasteiger partial charge on any atom is 0.257 e. The number of anilines is 3. The molecule has 0 spiro atoms. The number of pyridine rings is 1. The molecule has 2 amide bonds. The molecule has 0 unspecified atom stereocenters. The third kappa shape index (κ3) is 5.69. The molecule has 2 aromatic carbocycles. The van der Waals surface area contributed by atoms with Gasteiger partial charge in [0, 0.05) is 30.5 Å². The van der Waals surface area contributed by atoms with Crippen LogP contribution >= 0.6 is 11.6 Å². The minimum atomic E-state index is -0.318. The molecule has 2 heterocycles. The van der Waals surface area contributed by atoms with Crippen molar-refractivity contribution in [3.05, 3.63) is 82.5 Å². The van der Waals surface area contributed by atoms with Crippen LogP contribution in [0.2, 0.25) is 5.02 Å². The molecule has 7 nitrogen and oxygen atoms in total. The Labute approximate surface area is 197 Å². The van der Waals surface area contributed by atoms with Crippen molar-refractivity contribution in [3.8, 4) is 0 Å². The van der Waals surface area contributed by atoms with Gasteiger partial charge in [0.1, 0.15) is 5.82 Å². The van der Waals surface area contributed by atoms with Crippen LogP contribution in [0.5, 0.6) is 0 Å². The molecule has 3 aromatic rings. The number of amides is 2. The highest BCUT2D eigenvalue weighted by Crippen LogP contribution is 2.27. The van der Waals surface area contributed by atoms with Crippen molar-refractivity contribution in [2.75, 3.05) is 28.6 Å². The molecule has 4 rings (SSSR count). The summed E-state index contributed by atoms with van der Waals surface area (Å²) in [6.07, 6.45) is 2.70. The minimum Gasteiger partial charge on any atom is -0.393 e. The Morgan fingerprint density at radius 3 is 2.30 bits per heavy atom.